The molecule has 3 heterocycles. The molecule has 1 aliphatic heterocycles. The third-order valence-corrected chi connectivity index (χ3v) is 6.80. The van der Waals surface area contributed by atoms with Crippen molar-refractivity contribution in [1.82, 2.24) is 19.8 Å². The zero-order valence-electron chi connectivity index (χ0n) is 17.5. The van der Waals surface area contributed by atoms with E-state index in [1.807, 2.05) is 12.3 Å². The first kappa shape index (κ1) is 19.4. The number of nitrogens with one attached hydrogen (secondary N) is 1. The van der Waals surface area contributed by atoms with Gasteiger partial charge in [0.15, 0.2) is 5.11 Å². The Balaban J connectivity index is 1.78. The molecule has 0 amide bonds. The fourth-order valence-electron chi connectivity index (χ4n) is 5.26. The summed E-state index contributed by atoms with van der Waals surface area (Å²) < 4.78 is 2.60. The predicted octanol–water partition coefficient (Wildman–Crippen LogP) is 5.39. The van der Waals surface area contributed by atoms with Crippen molar-refractivity contribution in [2.24, 2.45) is 0 Å². The molecule has 150 valence electrons. The summed E-state index contributed by atoms with van der Waals surface area (Å²) in [5, 5.41) is 4.40. The average Bonchev–Trinajstić information content (AvgIpc) is 3.19. The number of hydrogen-bond donors (Lipinski definition) is 1. The smallest absolute Gasteiger partial charge is 0.170 e. The highest BCUT2D eigenvalue weighted by Crippen LogP contribution is 2.43. The molecule has 1 aliphatic carbocycles. The summed E-state index contributed by atoms with van der Waals surface area (Å²) in [7, 11) is 0. The number of thiocarbonyl (C=S) groups is 1. The van der Waals surface area contributed by atoms with Crippen LogP contribution in [0.4, 0.5) is 0 Å². The van der Waals surface area contributed by atoms with Gasteiger partial charge in [-0.25, -0.2) is 0 Å². The van der Waals surface area contributed by atoms with Crippen molar-refractivity contribution in [1.29, 1.82) is 0 Å². The van der Waals surface area contributed by atoms with Gasteiger partial charge in [-0.05, 0) is 76.5 Å². The van der Waals surface area contributed by atoms with Crippen molar-refractivity contribution in [3.05, 3.63) is 53.1 Å². The van der Waals surface area contributed by atoms with E-state index in [2.05, 4.69) is 65.7 Å². The van der Waals surface area contributed by atoms with Crippen LogP contribution in [0, 0.1) is 13.8 Å². The van der Waals surface area contributed by atoms with Crippen LogP contribution < -0.4 is 5.32 Å². The summed E-state index contributed by atoms with van der Waals surface area (Å²) in [6.45, 7) is 9.01. The van der Waals surface area contributed by atoms with Crippen LogP contribution in [0.1, 0.15) is 86.7 Å². The molecule has 0 radical (unpaired) electrons. The average molecular weight is 397 g/mol. The SMILES string of the molecule is Cc1cc([C@@H]2[C@@H](c3ccccn3)NC(=S)N2C(C)C)c(C)n1C1CCCCC1. The van der Waals surface area contributed by atoms with Gasteiger partial charge in [0.05, 0.1) is 17.8 Å². The number of hydrogen-bond acceptors (Lipinski definition) is 2. The van der Waals surface area contributed by atoms with Gasteiger partial charge in [-0.3, -0.25) is 4.98 Å². The van der Waals surface area contributed by atoms with Crippen molar-refractivity contribution in [3.8, 4) is 0 Å². The van der Waals surface area contributed by atoms with Crippen LogP contribution in [0.3, 0.4) is 0 Å². The molecule has 0 unspecified atom stereocenters. The van der Waals surface area contributed by atoms with Crippen LogP contribution in [0.25, 0.3) is 0 Å². The first-order valence-corrected chi connectivity index (χ1v) is 11.1. The van der Waals surface area contributed by atoms with E-state index < -0.39 is 0 Å². The molecule has 2 atom stereocenters. The fourth-order valence-corrected chi connectivity index (χ4v) is 5.71. The summed E-state index contributed by atoms with van der Waals surface area (Å²) >= 11 is 5.76. The van der Waals surface area contributed by atoms with E-state index in [-0.39, 0.29) is 12.1 Å². The Kier molecular flexibility index (Phi) is 5.46. The Labute approximate surface area is 174 Å². The summed E-state index contributed by atoms with van der Waals surface area (Å²) in [5.41, 5.74) is 5.22. The Morgan fingerprint density at radius 1 is 1.14 bits per heavy atom. The van der Waals surface area contributed by atoms with Gasteiger partial charge in [-0.1, -0.05) is 25.3 Å². The van der Waals surface area contributed by atoms with E-state index in [0.29, 0.717) is 12.1 Å². The second-order valence-electron chi connectivity index (χ2n) is 8.62. The molecule has 0 spiro atoms. The molecular formula is C23H32N4S. The molecule has 28 heavy (non-hydrogen) atoms. The van der Waals surface area contributed by atoms with Gasteiger partial charge in [0.1, 0.15) is 0 Å². The second-order valence-corrected chi connectivity index (χ2v) is 9.00. The topological polar surface area (TPSA) is 33.1 Å². The summed E-state index contributed by atoms with van der Waals surface area (Å²) in [6.07, 6.45) is 8.55. The molecule has 1 N–H and O–H groups in total. The van der Waals surface area contributed by atoms with Crippen molar-refractivity contribution < 1.29 is 0 Å². The molecule has 2 aromatic heterocycles. The highest BCUT2D eigenvalue weighted by atomic mass is 32.1. The molecule has 4 nitrogen and oxygen atoms in total. The minimum atomic E-state index is 0.0800. The van der Waals surface area contributed by atoms with Crippen molar-refractivity contribution in [2.75, 3.05) is 0 Å². The zero-order chi connectivity index (χ0) is 19.8. The van der Waals surface area contributed by atoms with Crippen molar-refractivity contribution >= 4 is 17.3 Å². The molecule has 2 fully saturated rings. The van der Waals surface area contributed by atoms with Gasteiger partial charge in [-0.15, -0.1) is 0 Å². The molecule has 0 aromatic carbocycles. The quantitative estimate of drug-likeness (QED) is 0.703. The molecule has 1 saturated carbocycles. The van der Waals surface area contributed by atoms with E-state index in [9.17, 15) is 0 Å². The van der Waals surface area contributed by atoms with E-state index >= 15 is 0 Å². The van der Waals surface area contributed by atoms with Gasteiger partial charge in [0.25, 0.3) is 0 Å². The minimum Gasteiger partial charge on any atom is -0.352 e. The first-order valence-electron chi connectivity index (χ1n) is 10.7. The summed E-state index contributed by atoms with van der Waals surface area (Å²) in [5.74, 6) is 0. The standard InChI is InChI=1S/C23H32N4S/c1-15(2)26-22(21(25-23(26)28)20-12-8-9-13-24-20)19-14-16(3)27(17(19)4)18-10-6-5-7-11-18/h8-9,12-15,18,21-22H,5-7,10-11H2,1-4H3,(H,25,28)/t21-,22-/m1/s1. The Hall–Kier alpha value is -1.88. The largest absolute Gasteiger partial charge is 0.352 e. The molecule has 4 rings (SSSR count). The van der Waals surface area contributed by atoms with Gasteiger partial charge in [0, 0.05) is 29.7 Å². The molecule has 2 aliphatic rings. The van der Waals surface area contributed by atoms with Gasteiger partial charge >= 0.3 is 0 Å². The molecule has 2 aromatic rings. The van der Waals surface area contributed by atoms with Crippen molar-refractivity contribution in [2.45, 2.75) is 84.0 Å². The maximum Gasteiger partial charge on any atom is 0.170 e. The molecule has 5 heteroatoms. The number of aryl methyl sites for hydroxylation is 1. The van der Waals surface area contributed by atoms with Crippen molar-refractivity contribution in [3.63, 3.8) is 0 Å². The lowest BCUT2D eigenvalue weighted by Gasteiger charge is -2.32. The third-order valence-electron chi connectivity index (χ3n) is 6.47. The van der Waals surface area contributed by atoms with Gasteiger partial charge < -0.3 is 14.8 Å². The van der Waals surface area contributed by atoms with Crippen LogP contribution in [0.5, 0.6) is 0 Å². The van der Waals surface area contributed by atoms with Gasteiger partial charge in [-0.2, -0.15) is 0 Å². The van der Waals surface area contributed by atoms with Crippen LogP contribution in [0.2, 0.25) is 0 Å². The monoisotopic (exact) mass is 396 g/mol. The molecule has 1 saturated heterocycles. The van der Waals surface area contributed by atoms with Gasteiger partial charge in [0.2, 0.25) is 0 Å². The summed E-state index contributed by atoms with van der Waals surface area (Å²) in [6, 6.07) is 9.77. The van der Waals surface area contributed by atoms with E-state index in [1.165, 1.54) is 49.1 Å². The van der Waals surface area contributed by atoms with E-state index in [0.717, 1.165) is 10.8 Å². The fraction of sp³-hybridized carbons (Fsp3) is 0.565. The van der Waals surface area contributed by atoms with Crippen LogP contribution >= 0.6 is 12.2 Å². The summed E-state index contributed by atoms with van der Waals surface area (Å²) in [4.78, 5) is 7.02. The van der Waals surface area contributed by atoms with Crippen LogP contribution in [0.15, 0.2) is 30.5 Å². The molecular weight excluding hydrogens is 364 g/mol. The number of aromatic nitrogens is 2. The Morgan fingerprint density at radius 2 is 1.89 bits per heavy atom. The third kappa shape index (κ3) is 3.34. The zero-order valence-corrected chi connectivity index (χ0v) is 18.3. The van der Waals surface area contributed by atoms with E-state index in [4.69, 9.17) is 12.2 Å². The number of nitrogens with zero attached hydrogens (tertiary/aromatic N) is 3. The first-order chi connectivity index (χ1) is 13.5. The normalized spacial score (nSPS) is 23.5. The number of rotatable bonds is 4. The molecule has 0 bridgehead atoms. The predicted molar refractivity (Wildman–Crippen MR) is 118 cm³/mol. The lowest BCUT2D eigenvalue weighted by molar-refractivity contribution is 0.267. The lowest BCUT2D eigenvalue weighted by atomic mass is 9.94. The minimum absolute atomic E-state index is 0.0800. The lowest BCUT2D eigenvalue weighted by Crippen LogP contribution is -2.35. The van der Waals surface area contributed by atoms with Crippen LogP contribution in [-0.4, -0.2) is 25.6 Å². The number of pyridine rings is 1. The Morgan fingerprint density at radius 3 is 2.54 bits per heavy atom. The second kappa shape index (κ2) is 7.86. The highest BCUT2D eigenvalue weighted by Gasteiger charge is 2.42. The van der Waals surface area contributed by atoms with Crippen LogP contribution in [-0.2, 0) is 0 Å². The maximum absolute atomic E-state index is 5.76. The van der Waals surface area contributed by atoms with E-state index in [1.54, 1.807) is 0 Å². The highest BCUT2D eigenvalue weighted by molar-refractivity contribution is 7.80. The Bertz CT molecular complexity index is 836. The maximum atomic E-state index is 5.76.